The number of hydrogen-bond donors (Lipinski definition) is 2. The van der Waals surface area contributed by atoms with E-state index in [1.165, 1.54) is 0 Å². The Morgan fingerprint density at radius 1 is 1.53 bits per heavy atom. The summed E-state index contributed by atoms with van der Waals surface area (Å²) in [5.74, 6) is -0.00737. The first-order valence-electron chi connectivity index (χ1n) is 4.53. The van der Waals surface area contributed by atoms with Crippen LogP contribution in [0, 0.1) is 0 Å². The normalized spacial score (nSPS) is 10.5. The number of carbonyl (C=O) groups is 1. The third kappa shape index (κ3) is 1.52. The molecular formula is C10H12N3O2+. The molecule has 2 aromatic heterocycles. The van der Waals surface area contributed by atoms with Gasteiger partial charge in [0, 0.05) is 0 Å². The highest BCUT2D eigenvalue weighted by molar-refractivity contribution is 5.88. The van der Waals surface area contributed by atoms with Crippen molar-refractivity contribution in [3.63, 3.8) is 0 Å². The maximum absolute atomic E-state index is 10.8. The second kappa shape index (κ2) is 3.27. The Morgan fingerprint density at radius 2 is 2.27 bits per heavy atom. The van der Waals surface area contributed by atoms with Crippen LogP contribution in [0.15, 0.2) is 24.5 Å². The summed E-state index contributed by atoms with van der Waals surface area (Å²) in [6, 6.07) is 3.21. The summed E-state index contributed by atoms with van der Waals surface area (Å²) >= 11 is 0. The molecule has 5 heteroatoms. The van der Waals surface area contributed by atoms with Gasteiger partial charge in [-0.05, 0) is 12.1 Å². The van der Waals surface area contributed by atoms with E-state index in [1.807, 2.05) is 23.4 Å². The lowest BCUT2D eigenvalue weighted by Crippen LogP contribution is -2.28. The van der Waals surface area contributed by atoms with E-state index in [9.17, 15) is 4.79 Å². The Hall–Kier alpha value is -2.04. The first kappa shape index (κ1) is 9.51. The first-order valence-corrected chi connectivity index (χ1v) is 4.53. The number of nitrogens with zero attached hydrogens (tertiary/aromatic N) is 2. The molecular weight excluding hydrogens is 194 g/mol. The SMILES string of the molecule is CN(C)c1[nH]cc2cc(C(=O)O)cc[n+]12. The standard InChI is InChI=1S/C10H11N3O2/c1-12(2)10-11-6-8-5-7(9(14)15)3-4-13(8)10/h3-6H,1-2H3,(H,14,15)/p+1. The van der Waals surface area contributed by atoms with Crippen molar-refractivity contribution in [1.29, 1.82) is 0 Å². The van der Waals surface area contributed by atoms with Crippen LogP contribution in [0.1, 0.15) is 10.4 Å². The molecule has 0 aliphatic carbocycles. The third-order valence-electron chi connectivity index (χ3n) is 2.23. The number of fused-ring (bicyclic) bond motifs is 1. The zero-order valence-electron chi connectivity index (χ0n) is 8.56. The number of pyridine rings is 1. The molecule has 0 aromatic carbocycles. The molecule has 0 unspecified atom stereocenters. The predicted molar refractivity (Wildman–Crippen MR) is 55.2 cm³/mol. The molecule has 0 saturated heterocycles. The minimum Gasteiger partial charge on any atom is -0.478 e. The molecule has 0 amide bonds. The first-order chi connectivity index (χ1) is 7.09. The van der Waals surface area contributed by atoms with Crippen LogP contribution in [0.2, 0.25) is 0 Å². The molecule has 0 bridgehead atoms. The molecule has 2 N–H and O–H groups in total. The Kier molecular flexibility index (Phi) is 2.07. The van der Waals surface area contributed by atoms with Crippen molar-refractivity contribution in [2.45, 2.75) is 0 Å². The van der Waals surface area contributed by atoms with Crippen LogP contribution in [0.3, 0.4) is 0 Å². The summed E-state index contributed by atoms with van der Waals surface area (Å²) in [6.07, 6.45) is 3.52. The largest absolute Gasteiger partial charge is 0.478 e. The summed E-state index contributed by atoms with van der Waals surface area (Å²) in [6.45, 7) is 0. The van der Waals surface area contributed by atoms with Crippen LogP contribution in [0.5, 0.6) is 0 Å². The van der Waals surface area contributed by atoms with Crippen molar-refractivity contribution in [1.82, 2.24) is 4.98 Å². The topological polar surface area (TPSA) is 60.4 Å². The molecule has 5 nitrogen and oxygen atoms in total. The van der Waals surface area contributed by atoms with E-state index in [0.29, 0.717) is 5.56 Å². The highest BCUT2D eigenvalue weighted by atomic mass is 16.4. The van der Waals surface area contributed by atoms with Crippen molar-refractivity contribution in [2.24, 2.45) is 0 Å². The molecule has 0 spiro atoms. The fraction of sp³-hybridized carbons (Fsp3) is 0.200. The summed E-state index contributed by atoms with van der Waals surface area (Å²) in [5, 5.41) is 8.83. The van der Waals surface area contributed by atoms with Crippen LogP contribution in [0.4, 0.5) is 5.95 Å². The number of carboxylic acids is 1. The van der Waals surface area contributed by atoms with Crippen LogP contribution < -0.4 is 9.30 Å². The van der Waals surface area contributed by atoms with E-state index in [2.05, 4.69) is 4.98 Å². The van der Waals surface area contributed by atoms with Crippen molar-refractivity contribution in [2.75, 3.05) is 19.0 Å². The smallest absolute Gasteiger partial charge is 0.361 e. The number of anilines is 1. The molecule has 0 saturated carbocycles. The van der Waals surface area contributed by atoms with Crippen molar-refractivity contribution < 1.29 is 14.3 Å². The van der Waals surface area contributed by atoms with E-state index in [-0.39, 0.29) is 0 Å². The van der Waals surface area contributed by atoms with E-state index in [0.717, 1.165) is 11.5 Å². The molecule has 78 valence electrons. The highest BCUT2D eigenvalue weighted by Crippen LogP contribution is 2.07. The van der Waals surface area contributed by atoms with Gasteiger partial charge in [-0.2, -0.15) is 0 Å². The summed E-state index contributed by atoms with van der Waals surface area (Å²) < 4.78 is 1.90. The molecule has 0 atom stereocenters. The molecule has 2 aromatic rings. The van der Waals surface area contributed by atoms with E-state index in [1.54, 1.807) is 24.5 Å². The summed E-state index contributed by atoms with van der Waals surface area (Å²) in [5.41, 5.74) is 1.12. The number of aromatic nitrogens is 2. The number of H-pyrrole nitrogens is 1. The third-order valence-corrected chi connectivity index (χ3v) is 2.23. The van der Waals surface area contributed by atoms with Gasteiger partial charge in [-0.15, -0.1) is 0 Å². The van der Waals surface area contributed by atoms with E-state index < -0.39 is 5.97 Å². The highest BCUT2D eigenvalue weighted by Gasteiger charge is 2.14. The monoisotopic (exact) mass is 206 g/mol. The minimum atomic E-state index is -0.912. The van der Waals surface area contributed by atoms with Crippen LogP contribution in [0.25, 0.3) is 5.52 Å². The van der Waals surface area contributed by atoms with Gasteiger partial charge in [-0.1, -0.05) is 0 Å². The molecule has 0 radical (unpaired) electrons. The Morgan fingerprint density at radius 3 is 2.87 bits per heavy atom. The van der Waals surface area contributed by atoms with Gasteiger partial charge in [-0.3, -0.25) is 4.90 Å². The lowest BCUT2D eigenvalue weighted by atomic mass is 10.2. The lowest BCUT2D eigenvalue weighted by molar-refractivity contribution is -0.497. The van der Waals surface area contributed by atoms with Crippen LogP contribution >= 0.6 is 0 Å². The molecule has 15 heavy (non-hydrogen) atoms. The molecule has 2 heterocycles. The van der Waals surface area contributed by atoms with Crippen molar-refractivity contribution >= 4 is 17.4 Å². The number of aromatic amines is 1. The van der Waals surface area contributed by atoms with Gasteiger partial charge in [0.1, 0.15) is 11.7 Å². The van der Waals surface area contributed by atoms with Gasteiger partial charge < -0.3 is 5.11 Å². The van der Waals surface area contributed by atoms with Gasteiger partial charge in [0.05, 0.1) is 25.9 Å². The predicted octanol–water partition coefficient (Wildman–Crippen LogP) is 0.518. The number of hydrogen-bond acceptors (Lipinski definition) is 2. The molecule has 0 fully saturated rings. The van der Waals surface area contributed by atoms with Gasteiger partial charge in [0.2, 0.25) is 0 Å². The molecule has 2 rings (SSSR count). The number of rotatable bonds is 2. The van der Waals surface area contributed by atoms with Crippen LogP contribution in [-0.2, 0) is 0 Å². The fourth-order valence-electron chi connectivity index (χ4n) is 1.51. The molecule has 0 aliphatic heterocycles. The average Bonchev–Trinajstić information content (AvgIpc) is 2.59. The fourth-order valence-corrected chi connectivity index (χ4v) is 1.51. The molecule has 0 aliphatic rings. The number of carboxylic acid groups (broad SMARTS) is 1. The van der Waals surface area contributed by atoms with E-state index in [4.69, 9.17) is 5.11 Å². The number of nitrogens with one attached hydrogen (secondary N) is 1. The van der Waals surface area contributed by atoms with Crippen molar-refractivity contribution in [3.05, 3.63) is 30.1 Å². The summed E-state index contributed by atoms with van der Waals surface area (Å²) in [7, 11) is 3.84. The van der Waals surface area contributed by atoms with E-state index >= 15 is 0 Å². The second-order valence-electron chi connectivity index (χ2n) is 3.52. The summed E-state index contributed by atoms with van der Waals surface area (Å²) in [4.78, 5) is 15.8. The minimum absolute atomic E-state index is 0.291. The maximum atomic E-state index is 10.8. The zero-order chi connectivity index (χ0) is 11.0. The van der Waals surface area contributed by atoms with Crippen LogP contribution in [-0.4, -0.2) is 30.2 Å². The second-order valence-corrected chi connectivity index (χ2v) is 3.52. The van der Waals surface area contributed by atoms with Gasteiger partial charge in [0.15, 0.2) is 0 Å². The van der Waals surface area contributed by atoms with Crippen molar-refractivity contribution in [3.8, 4) is 0 Å². The average molecular weight is 206 g/mol. The Balaban J connectivity index is 2.61. The quantitative estimate of drug-likeness (QED) is 0.704. The lowest BCUT2D eigenvalue weighted by Gasteiger charge is -2.02. The zero-order valence-corrected chi connectivity index (χ0v) is 8.56. The Bertz CT molecular complexity index is 516. The van der Waals surface area contributed by atoms with Gasteiger partial charge in [-0.25, -0.2) is 14.2 Å². The number of aromatic carboxylic acids is 1. The maximum Gasteiger partial charge on any atom is 0.361 e. The van der Waals surface area contributed by atoms with Gasteiger partial charge in [0.25, 0.3) is 0 Å². The van der Waals surface area contributed by atoms with Gasteiger partial charge >= 0.3 is 11.9 Å². The number of imidazole rings is 1. The Labute approximate surface area is 86.6 Å².